The van der Waals surface area contributed by atoms with Gasteiger partial charge in [-0.05, 0) is 43.2 Å². The first-order chi connectivity index (χ1) is 13.0. The maximum absolute atomic E-state index is 13.0. The summed E-state index contributed by atoms with van der Waals surface area (Å²) < 4.78 is 6.57. The van der Waals surface area contributed by atoms with Crippen molar-refractivity contribution < 1.29 is 9.53 Å². The molecular formula is C22H19NO2S2. The van der Waals surface area contributed by atoms with Crippen LogP contribution in [0.25, 0.3) is 6.08 Å². The molecule has 5 heteroatoms. The average molecular weight is 394 g/mol. The second-order valence-electron chi connectivity index (χ2n) is 6.58. The molecule has 2 aliphatic heterocycles. The van der Waals surface area contributed by atoms with E-state index in [1.54, 1.807) is 4.90 Å². The number of hydrogen-bond donors (Lipinski definition) is 0. The Labute approximate surface area is 168 Å². The van der Waals surface area contributed by atoms with Crippen LogP contribution in [-0.4, -0.2) is 21.2 Å². The molecule has 1 fully saturated rings. The van der Waals surface area contributed by atoms with Gasteiger partial charge in [-0.15, -0.1) is 0 Å². The van der Waals surface area contributed by atoms with Crippen LogP contribution in [0.1, 0.15) is 31.0 Å². The number of ether oxygens (including phenoxy) is 1. The molecule has 2 atom stereocenters. The maximum Gasteiger partial charge on any atom is 0.266 e. The summed E-state index contributed by atoms with van der Waals surface area (Å²) in [6.07, 6.45) is 3.88. The van der Waals surface area contributed by atoms with E-state index in [-0.39, 0.29) is 18.1 Å². The number of rotatable bonds is 3. The van der Waals surface area contributed by atoms with Crippen molar-refractivity contribution in [2.75, 3.05) is 0 Å². The van der Waals surface area contributed by atoms with Crippen LogP contribution in [0, 0.1) is 0 Å². The Morgan fingerprint density at radius 1 is 1.15 bits per heavy atom. The third-order valence-electron chi connectivity index (χ3n) is 4.80. The molecule has 1 saturated heterocycles. The number of thiocarbonyl (C=S) groups is 1. The lowest BCUT2D eigenvalue weighted by Crippen LogP contribution is -2.31. The van der Waals surface area contributed by atoms with E-state index in [9.17, 15) is 4.79 Å². The Balaban J connectivity index is 1.63. The number of amides is 1. The second-order valence-corrected chi connectivity index (χ2v) is 8.26. The van der Waals surface area contributed by atoms with Crippen LogP contribution in [0.5, 0.6) is 5.75 Å². The highest BCUT2D eigenvalue weighted by Crippen LogP contribution is 2.39. The van der Waals surface area contributed by atoms with E-state index in [4.69, 9.17) is 17.0 Å². The minimum atomic E-state index is -0.116. The second kappa shape index (κ2) is 7.33. The average Bonchev–Trinajstić information content (AvgIpc) is 2.96. The summed E-state index contributed by atoms with van der Waals surface area (Å²) >= 11 is 6.86. The van der Waals surface area contributed by atoms with Crippen molar-refractivity contribution in [3.8, 4) is 5.75 Å². The van der Waals surface area contributed by atoms with Gasteiger partial charge in [-0.1, -0.05) is 72.5 Å². The molecule has 0 saturated carbocycles. The molecule has 4 rings (SSSR count). The summed E-state index contributed by atoms with van der Waals surface area (Å²) in [6, 6.07) is 17.8. The van der Waals surface area contributed by atoms with Crippen LogP contribution in [0.2, 0.25) is 0 Å². The van der Waals surface area contributed by atoms with Crippen LogP contribution in [-0.2, 0) is 4.79 Å². The van der Waals surface area contributed by atoms with Crippen LogP contribution in [0.3, 0.4) is 0 Å². The summed E-state index contributed by atoms with van der Waals surface area (Å²) in [7, 11) is 0. The minimum absolute atomic E-state index is 0.0479. The predicted octanol–water partition coefficient (Wildman–Crippen LogP) is 5.36. The number of nitrogens with zero attached hydrogens (tertiary/aromatic N) is 1. The Kier molecular flexibility index (Phi) is 4.89. The molecule has 2 aromatic carbocycles. The van der Waals surface area contributed by atoms with Crippen LogP contribution >= 0.6 is 24.0 Å². The molecule has 27 heavy (non-hydrogen) atoms. The first-order valence-corrected chi connectivity index (χ1v) is 10.1. The predicted molar refractivity (Wildman–Crippen MR) is 114 cm³/mol. The van der Waals surface area contributed by atoms with Crippen LogP contribution in [0.4, 0.5) is 0 Å². The summed E-state index contributed by atoms with van der Waals surface area (Å²) in [6.45, 7) is 4.00. The minimum Gasteiger partial charge on any atom is -0.485 e. The zero-order valence-electron chi connectivity index (χ0n) is 15.1. The summed E-state index contributed by atoms with van der Waals surface area (Å²) in [5.74, 6) is 0.820. The summed E-state index contributed by atoms with van der Waals surface area (Å²) in [4.78, 5) is 15.4. The lowest BCUT2D eigenvalue weighted by atomic mass is 10.0. The van der Waals surface area contributed by atoms with E-state index in [2.05, 4.69) is 6.08 Å². The fourth-order valence-corrected chi connectivity index (χ4v) is 4.69. The van der Waals surface area contributed by atoms with E-state index in [1.165, 1.54) is 11.8 Å². The van der Waals surface area contributed by atoms with Gasteiger partial charge >= 0.3 is 0 Å². The Bertz CT molecular complexity index is 965. The van der Waals surface area contributed by atoms with Gasteiger partial charge in [0.2, 0.25) is 0 Å². The first kappa shape index (κ1) is 18.0. The molecular weight excluding hydrogens is 374 g/mol. The van der Waals surface area contributed by atoms with E-state index < -0.39 is 0 Å². The van der Waals surface area contributed by atoms with Gasteiger partial charge in [0.05, 0.1) is 10.9 Å². The van der Waals surface area contributed by atoms with Crippen molar-refractivity contribution in [3.05, 3.63) is 82.3 Å². The quantitative estimate of drug-likeness (QED) is 0.519. The number of fused-ring (bicyclic) bond motifs is 1. The highest BCUT2D eigenvalue weighted by Gasteiger charge is 2.36. The number of benzene rings is 2. The van der Waals surface area contributed by atoms with E-state index >= 15 is 0 Å². The standard InChI is InChI=1S/C22H19NO2S2/c1-14(16-8-4-3-5-9-16)23-21(24)20(27-22(23)26)13-18-12-17-10-6-7-11-19(17)25-15(18)2/h3-15H,1-2H3/b20-13-. The van der Waals surface area contributed by atoms with Gasteiger partial charge < -0.3 is 4.74 Å². The molecule has 1 amide bonds. The van der Waals surface area contributed by atoms with Gasteiger partial charge in [0.1, 0.15) is 16.2 Å². The highest BCUT2D eigenvalue weighted by atomic mass is 32.2. The van der Waals surface area contributed by atoms with Gasteiger partial charge in [-0.2, -0.15) is 0 Å². The SMILES string of the molecule is CC1Oc2ccccc2C=C1/C=C1\SC(=S)N(C(C)c2ccccc2)C1=O. The van der Waals surface area contributed by atoms with Crippen molar-refractivity contribution in [3.63, 3.8) is 0 Å². The Morgan fingerprint density at radius 2 is 1.85 bits per heavy atom. The fraction of sp³-hybridized carbons (Fsp3) is 0.182. The summed E-state index contributed by atoms with van der Waals surface area (Å²) in [5, 5.41) is 0. The highest BCUT2D eigenvalue weighted by molar-refractivity contribution is 8.26. The van der Waals surface area contributed by atoms with Crippen molar-refractivity contribution in [2.24, 2.45) is 0 Å². The topological polar surface area (TPSA) is 29.5 Å². The van der Waals surface area contributed by atoms with Gasteiger partial charge in [-0.25, -0.2) is 0 Å². The maximum atomic E-state index is 13.0. The molecule has 2 aliphatic rings. The molecule has 0 bridgehead atoms. The lowest BCUT2D eigenvalue weighted by Gasteiger charge is -2.24. The van der Waals surface area contributed by atoms with E-state index in [1.807, 2.05) is 74.5 Å². The van der Waals surface area contributed by atoms with Crippen LogP contribution < -0.4 is 4.74 Å². The van der Waals surface area contributed by atoms with Crippen molar-refractivity contribution >= 4 is 40.3 Å². The van der Waals surface area contributed by atoms with Crippen molar-refractivity contribution in [1.29, 1.82) is 0 Å². The Morgan fingerprint density at radius 3 is 2.63 bits per heavy atom. The van der Waals surface area contributed by atoms with Gasteiger partial charge in [0, 0.05) is 5.56 Å². The number of hydrogen-bond acceptors (Lipinski definition) is 4. The van der Waals surface area contributed by atoms with Crippen LogP contribution in [0.15, 0.2) is 71.2 Å². The monoisotopic (exact) mass is 393 g/mol. The summed E-state index contributed by atoms with van der Waals surface area (Å²) in [5.41, 5.74) is 3.06. The molecule has 2 unspecified atom stereocenters. The molecule has 0 aromatic heterocycles. The molecule has 0 spiro atoms. The fourth-order valence-electron chi connectivity index (χ4n) is 3.27. The molecule has 136 valence electrons. The van der Waals surface area contributed by atoms with E-state index in [0.717, 1.165) is 22.4 Å². The molecule has 2 heterocycles. The third-order valence-corrected chi connectivity index (χ3v) is 6.14. The van der Waals surface area contributed by atoms with Gasteiger partial charge in [0.25, 0.3) is 5.91 Å². The third kappa shape index (κ3) is 3.45. The molecule has 2 aromatic rings. The smallest absolute Gasteiger partial charge is 0.266 e. The number of para-hydroxylation sites is 1. The molecule has 0 aliphatic carbocycles. The van der Waals surface area contributed by atoms with Gasteiger partial charge in [0.15, 0.2) is 0 Å². The zero-order valence-corrected chi connectivity index (χ0v) is 16.7. The van der Waals surface area contributed by atoms with Crippen molar-refractivity contribution in [1.82, 2.24) is 4.90 Å². The van der Waals surface area contributed by atoms with Crippen molar-refractivity contribution in [2.45, 2.75) is 26.0 Å². The first-order valence-electron chi connectivity index (χ1n) is 8.84. The molecule has 0 radical (unpaired) electrons. The number of thioether (sulfide) groups is 1. The largest absolute Gasteiger partial charge is 0.485 e. The normalized spacial score (nSPS) is 21.7. The van der Waals surface area contributed by atoms with E-state index in [0.29, 0.717) is 9.23 Å². The number of carbonyl (C=O) groups excluding carboxylic acids is 1. The number of carbonyl (C=O) groups is 1. The zero-order chi connectivity index (χ0) is 19.0. The molecule has 0 N–H and O–H groups in total. The molecule has 3 nitrogen and oxygen atoms in total. The lowest BCUT2D eigenvalue weighted by molar-refractivity contribution is -0.123. The Hall–Kier alpha value is -2.37. The van der Waals surface area contributed by atoms with Gasteiger partial charge in [-0.3, -0.25) is 9.69 Å².